The molecule has 0 saturated carbocycles. The summed E-state index contributed by atoms with van der Waals surface area (Å²) < 4.78 is 6.25. The minimum atomic E-state index is 0.866. The van der Waals surface area contributed by atoms with Gasteiger partial charge in [0.2, 0.25) is 23.8 Å². The molecule has 0 spiro atoms. The van der Waals surface area contributed by atoms with Crippen molar-refractivity contribution in [3.05, 3.63) is 249 Å². The molecule has 12 rings (SSSR count). The van der Waals surface area contributed by atoms with Crippen molar-refractivity contribution in [3.8, 4) is 84.3 Å². The van der Waals surface area contributed by atoms with E-state index in [2.05, 4.69) is 166 Å². The molecule has 0 N–H and O–H groups in total. The van der Waals surface area contributed by atoms with Gasteiger partial charge in [-0.25, -0.2) is 0 Å². The molecule has 0 bridgehead atoms. The van der Waals surface area contributed by atoms with Crippen molar-refractivity contribution in [2.75, 3.05) is 0 Å². The highest BCUT2D eigenvalue weighted by Gasteiger charge is 2.19. The summed E-state index contributed by atoms with van der Waals surface area (Å²) in [6, 6.07) is 78.4. The van der Waals surface area contributed by atoms with Crippen LogP contribution < -0.4 is 9.36 Å². The highest BCUT2D eigenvalue weighted by atomic mass is 15.3. The van der Waals surface area contributed by atoms with Crippen molar-refractivity contribution in [2.24, 2.45) is 0 Å². The maximum atomic E-state index is 5.07. The van der Waals surface area contributed by atoms with Gasteiger partial charge in [-0.3, -0.25) is 9.97 Å². The molecule has 0 amide bonds. The van der Waals surface area contributed by atoms with Crippen LogP contribution in [0.2, 0.25) is 0 Å². The van der Waals surface area contributed by atoms with Gasteiger partial charge in [0.15, 0.2) is 0 Å². The van der Waals surface area contributed by atoms with E-state index in [9.17, 15) is 0 Å². The molecule has 0 unspecified atom stereocenters. The van der Waals surface area contributed by atoms with Crippen LogP contribution in [0.4, 0.5) is 0 Å². The number of rotatable bonds is 9. The molecule has 5 aromatic heterocycles. The predicted molar refractivity (Wildman–Crippen MR) is 268 cm³/mol. The van der Waals surface area contributed by atoms with Crippen LogP contribution in [0.25, 0.3) is 106 Å². The van der Waals surface area contributed by atoms with E-state index in [-0.39, 0.29) is 0 Å². The first-order chi connectivity index (χ1) is 33.2. The Morgan fingerprint density at radius 2 is 0.687 bits per heavy atom. The largest absolute Gasteiger partial charge is 0.309 e. The maximum absolute atomic E-state index is 5.07. The van der Waals surface area contributed by atoms with Crippen molar-refractivity contribution in [3.63, 3.8) is 0 Å². The van der Waals surface area contributed by atoms with E-state index in [1.54, 1.807) is 0 Å². The van der Waals surface area contributed by atoms with Gasteiger partial charge in [0.05, 0.1) is 33.5 Å². The molecule has 7 aromatic carbocycles. The molecule has 0 saturated heterocycles. The van der Waals surface area contributed by atoms with Gasteiger partial charge in [-0.2, -0.15) is 0 Å². The van der Waals surface area contributed by atoms with E-state index in [1.807, 2.05) is 107 Å². The van der Waals surface area contributed by atoms with Crippen LogP contribution >= 0.6 is 0 Å². The van der Waals surface area contributed by atoms with Gasteiger partial charge >= 0.3 is 0 Å². The van der Waals surface area contributed by atoms with Crippen molar-refractivity contribution in [1.29, 1.82) is 0 Å². The molecule has 0 aliphatic carbocycles. The summed E-state index contributed by atoms with van der Waals surface area (Å²) in [5.74, 6) is 0. The van der Waals surface area contributed by atoms with E-state index in [4.69, 9.17) is 10.2 Å². The zero-order valence-corrected chi connectivity index (χ0v) is 36.3. The SMILES string of the molecule is c1ccc(-n2c3ccc(-c4ccc(-c5cc(-c6ccccn6)c[n+](-c6ccccc6)n5)cc4)cc3c3cc(-c4ccc(-c5cc(-c6ccccn6)c[n+](-c6ccccc6)n5)cc4)ccc32)cc1. The summed E-state index contributed by atoms with van der Waals surface area (Å²) in [4.78, 5) is 9.30. The average Bonchev–Trinajstić information content (AvgIpc) is 3.75. The Balaban J connectivity index is 0.916. The van der Waals surface area contributed by atoms with Crippen LogP contribution in [0, 0.1) is 0 Å². The smallest absolute Gasteiger partial charge is 0.238 e. The topological polar surface area (TPSA) is 64.2 Å². The zero-order valence-electron chi connectivity index (χ0n) is 36.3. The zero-order chi connectivity index (χ0) is 44.5. The molecular formula is C60H41N7+2. The van der Waals surface area contributed by atoms with Crippen molar-refractivity contribution in [1.82, 2.24) is 24.7 Å². The number of benzene rings is 7. The van der Waals surface area contributed by atoms with Crippen molar-refractivity contribution in [2.45, 2.75) is 0 Å². The first kappa shape index (κ1) is 39.4. The summed E-state index contributed by atoms with van der Waals surface area (Å²) >= 11 is 0. The van der Waals surface area contributed by atoms with Gasteiger partial charge in [0.1, 0.15) is 11.4 Å². The molecule has 0 atom stereocenters. The second-order valence-corrected chi connectivity index (χ2v) is 16.5. The molecular weight excluding hydrogens is 819 g/mol. The second kappa shape index (κ2) is 17.1. The third kappa shape index (κ3) is 7.70. The Morgan fingerprint density at radius 1 is 0.299 bits per heavy atom. The van der Waals surface area contributed by atoms with Crippen molar-refractivity contribution < 1.29 is 9.36 Å². The van der Waals surface area contributed by atoms with Gasteiger partial charge in [-0.1, -0.05) is 137 Å². The second-order valence-electron chi connectivity index (χ2n) is 16.5. The number of hydrogen-bond acceptors (Lipinski definition) is 4. The molecule has 12 aromatic rings. The molecule has 5 heterocycles. The van der Waals surface area contributed by atoms with Crippen LogP contribution in [-0.4, -0.2) is 24.7 Å². The van der Waals surface area contributed by atoms with Crippen LogP contribution in [0.1, 0.15) is 0 Å². The summed E-state index contributed by atoms with van der Waals surface area (Å²) in [6.07, 6.45) is 7.74. The summed E-state index contributed by atoms with van der Waals surface area (Å²) in [7, 11) is 0. The highest BCUT2D eigenvalue weighted by molar-refractivity contribution is 6.11. The fraction of sp³-hybridized carbons (Fsp3) is 0. The monoisotopic (exact) mass is 859 g/mol. The molecule has 314 valence electrons. The maximum Gasteiger partial charge on any atom is 0.238 e. The van der Waals surface area contributed by atoms with Crippen molar-refractivity contribution >= 4 is 21.8 Å². The lowest BCUT2D eigenvalue weighted by Gasteiger charge is -2.09. The van der Waals surface area contributed by atoms with E-state index < -0.39 is 0 Å². The van der Waals surface area contributed by atoms with E-state index in [0.29, 0.717) is 0 Å². The standard InChI is InChI=1S/C60H41N7/c1-4-14-50(15-5-1)65-40-48(55-20-10-12-34-61-55)38-57(63-65)44-26-22-42(23-27-44)46-30-32-59-53(36-46)54-37-47(31-33-60(54)67(59)52-18-8-3-9-19-52)43-24-28-45(29-25-43)58-39-49(56-21-11-13-35-62-56)41-66(64-58)51-16-6-2-7-17-51/h1-41H/q+2. The summed E-state index contributed by atoms with van der Waals surface area (Å²) in [6.45, 7) is 0. The van der Waals surface area contributed by atoms with Gasteiger partial charge in [0.25, 0.3) is 0 Å². The molecule has 7 heteroatoms. The lowest BCUT2D eigenvalue weighted by molar-refractivity contribution is -0.658. The Bertz CT molecular complexity index is 3350. The van der Waals surface area contributed by atoms with E-state index >= 15 is 0 Å². The van der Waals surface area contributed by atoms with Gasteiger partial charge in [-0.15, -0.1) is 0 Å². The Labute approximate surface area is 387 Å². The first-order valence-corrected chi connectivity index (χ1v) is 22.4. The van der Waals surface area contributed by atoms with E-state index in [0.717, 1.165) is 95.4 Å². The van der Waals surface area contributed by atoms with Crippen LogP contribution in [0.15, 0.2) is 249 Å². The number of fused-ring (bicyclic) bond motifs is 3. The Hall–Kier alpha value is -9.20. The molecule has 0 aliphatic heterocycles. The number of aromatic nitrogens is 7. The van der Waals surface area contributed by atoms with Gasteiger partial charge < -0.3 is 4.57 Å². The molecule has 0 fully saturated rings. The number of hydrogen-bond donors (Lipinski definition) is 0. The van der Waals surface area contributed by atoms with Gasteiger partial charge in [-0.05, 0) is 95.1 Å². The van der Waals surface area contributed by atoms with Crippen LogP contribution in [0.5, 0.6) is 0 Å². The minimum Gasteiger partial charge on any atom is -0.309 e. The lowest BCUT2D eigenvalue weighted by atomic mass is 9.98. The number of nitrogens with zero attached hydrogens (tertiary/aromatic N) is 7. The highest BCUT2D eigenvalue weighted by Crippen LogP contribution is 2.38. The first-order valence-electron chi connectivity index (χ1n) is 22.4. The minimum absolute atomic E-state index is 0.866. The molecule has 0 radical (unpaired) electrons. The average molecular weight is 860 g/mol. The van der Waals surface area contributed by atoms with Crippen LogP contribution in [-0.2, 0) is 0 Å². The molecule has 0 aliphatic rings. The molecule has 7 nitrogen and oxygen atoms in total. The predicted octanol–water partition coefficient (Wildman–Crippen LogP) is 12.9. The van der Waals surface area contributed by atoms with Gasteiger partial charge in [0, 0.05) is 74.4 Å². The Morgan fingerprint density at radius 3 is 1.10 bits per heavy atom. The number of pyridine rings is 2. The third-order valence-corrected chi connectivity index (χ3v) is 12.3. The fourth-order valence-electron chi connectivity index (χ4n) is 8.94. The summed E-state index contributed by atoms with van der Waals surface area (Å²) in [5.41, 5.74) is 17.5. The number of para-hydroxylation sites is 3. The quantitative estimate of drug-likeness (QED) is 0.136. The van der Waals surface area contributed by atoms with E-state index in [1.165, 1.54) is 10.8 Å². The summed E-state index contributed by atoms with van der Waals surface area (Å²) in [5, 5.41) is 12.5. The fourth-order valence-corrected chi connectivity index (χ4v) is 8.94. The van der Waals surface area contributed by atoms with Crippen LogP contribution in [0.3, 0.4) is 0 Å². The third-order valence-electron chi connectivity index (χ3n) is 12.3. The molecule has 67 heavy (non-hydrogen) atoms. The lowest BCUT2D eigenvalue weighted by Crippen LogP contribution is -2.35. The normalized spacial score (nSPS) is 11.3. The Kier molecular flexibility index (Phi) is 10.0.